The maximum atomic E-state index is 11.9. The van der Waals surface area contributed by atoms with E-state index in [1.54, 1.807) is 0 Å². The second-order valence-corrected chi connectivity index (χ2v) is 3.54. The maximum Gasteiger partial charge on any atom is 0.397 e. The van der Waals surface area contributed by atoms with Crippen LogP contribution in [0.1, 0.15) is 24.6 Å². The molecular formula is C8H10F3N3O. The van der Waals surface area contributed by atoms with Crippen LogP contribution in [-0.4, -0.2) is 22.4 Å². The van der Waals surface area contributed by atoms with E-state index < -0.39 is 12.6 Å². The molecule has 0 saturated heterocycles. The molecule has 1 aromatic heterocycles. The van der Waals surface area contributed by atoms with Crippen LogP contribution in [0, 0.1) is 0 Å². The van der Waals surface area contributed by atoms with Gasteiger partial charge in [-0.05, 0) is 12.8 Å². The fraction of sp³-hybridized carbons (Fsp3) is 0.750. The molecule has 1 aromatic rings. The van der Waals surface area contributed by atoms with Gasteiger partial charge in [0.2, 0.25) is 11.8 Å². The van der Waals surface area contributed by atoms with Crippen LogP contribution >= 0.6 is 0 Å². The van der Waals surface area contributed by atoms with E-state index in [2.05, 4.69) is 15.5 Å². The Balaban J connectivity index is 1.85. The van der Waals surface area contributed by atoms with Crippen molar-refractivity contribution in [2.75, 3.05) is 0 Å². The van der Waals surface area contributed by atoms with Crippen molar-refractivity contribution >= 4 is 0 Å². The Morgan fingerprint density at radius 1 is 1.27 bits per heavy atom. The van der Waals surface area contributed by atoms with Gasteiger partial charge in [-0.3, -0.25) is 0 Å². The fourth-order valence-corrected chi connectivity index (χ4v) is 1.12. The molecule has 0 unspecified atom stereocenters. The molecule has 1 aliphatic rings. The summed E-state index contributed by atoms with van der Waals surface area (Å²) in [5.74, 6) is -0.170. The van der Waals surface area contributed by atoms with Crippen LogP contribution in [0.4, 0.5) is 13.2 Å². The molecule has 1 N–H and O–H groups in total. The average molecular weight is 221 g/mol. The number of halogens is 3. The zero-order valence-corrected chi connectivity index (χ0v) is 7.84. The van der Waals surface area contributed by atoms with Gasteiger partial charge >= 0.3 is 6.18 Å². The minimum Gasteiger partial charge on any atom is -0.424 e. The number of nitrogens with zero attached hydrogens (tertiary/aromatic N) is 2. The summed E-state index contributed by atoms with van der Waals surface area (Å²) in [5.41, 5.74) is 0. The number of hydrogen-bond donors (Lipinski definition) is 1. The highest BCUT2D eigenvalue weighted by atomic mass is 19.4. The molecule has 0 radical (unpaired) electrons. The van der Waals surface area contributed by atoms with E-state index in [0.29, 0.717) is 12.6 Å². The van der Waals surface area contributed by atoms with Gasteiger partial charge in [0.15, 0.2) is 0 Å². The summed E-state index contributed by atoms with van der Waals surface area (Å²) < 4.78 is 40.6. The standard InChI is InChI=1S/C8H10F3N3O/c9-8(10,11)3-6-13-14-7(15-6)4-12-5-1-2-5/h5,12H,1-4H2. The first-order chi connectivity index (χ1) is 7.03. The predicted molar refractivity (Wildman–Crippen MR) is 43.9 cm³/mol. The summed E-state index contributed by atoms with van der Waals surface area (Å²) in [6.45, 7) is 0.343. The van der Waals surface area contributed by atoms with E-state index in [-0.39, 0.29) is 11.8 Å². The summed E-state index contributed by atoms with van der Waals surface area (Å²) in [6, 6.07) is 0.461. The number of aromatic nitrogens is 2. The Bertz CT molecular complexity index is 332. The lowest BCUT2D eigenvalue weighted by Crippen LogP contribution is -2.15. The average Bonchev–Trinajstić information content (AvgIpc) is 2.83. The highest BCUT2D eigenvalue weighted by Crippen LogP contribution is 2.21. The summed E-state index contributed by atoms with van der Waals surface area (Å²) in [4.78, 5) is 0. The quantitative estimate of drug-likeness (QED) is 0.835. The van der Waals surface area contributed by atoms with Gasteiger partial charge in [0, 0.05) is 6.04 Å². The molecule has 84 valence electrons. The second-order valence-electron chi connectivity index (χ2n) is 3.54. The Morgan fingerprint density at radius 3 is 2.53 bits per heavy atom. The first-order valence-electron chi connectivity index (χ1n) is 4.64. The van der Waals surface area contributed by atoms with Gasteiger partial charge in [0.1, 0.15) is 6.42 Å². The molecule has 0 aromatic carbocycles. The molecule has 4 nitrogen and oxygen atoms in total. The van der Waals surface area contributed by atoms with Gasteiger partial charge in [-0.25, -0.2) is 0 Å². The molecule has 1 heterocycles. The van der Waals surface area contributed by atoms with Crippen molar-refractivity contribution in [2.45, 2.75) is 38.0 Å². The third-order valence-electron chi connectivity index (χ3n) is 1.98. The van der Waals surface area contributed by atoms with Crippen molar-refractivity contribution in [3.8, 4) is 0 Å². The SMILES string of the molecule is FC(F)(F)Cc1nnc(CNC2CC2)o1. The van der Waals surface area contributed by atoms with Crippen molar-refractivity contribution in [1.82, 2.24) is 15.5 Å². The van der Waals surface area contributed by atoms with Gasteiger partial charge in [-0.1, -0.05) is 0 Å². The molecule has 1 aliphatic carbocycles. The van der Waals surface area contributed by atoms with Crippen LogP contribution in [0.5, 0.6) is 0 Å². The van der Waals surface area contributed by atoms with Gasteiger partial charge < -0.3 is 9.73 Å². The van der Waals surface area contributed by atoms with E-state index in [1.807, 2.05) is 0 Å². The van der Waals surface area contributed by atoms with Crippen molar-refractivity contribution in [3.05, 3.63) is 11.8 Å². The van der Waals surface area contributed by atoms with Crippen LogP contribution < -0.4 is 5.32 Å². The second kappa shape index (κ2) is 3.80. The Hall–Kier alpha value is -1.11. The lowest BCUT2D eigenvalue weighted by molar-refractivity contribution is -0.130. The zero-order valence-electron chi connectivity index (χ0n) is 7.84. The molecular weight excluding hydrogens is 211 g/mol. The summed E-state index contributed by atoms with van der Waals surface area (Å²) in [6.07, 6.45) is -3.26. The van der Waals surface area contributed by atoms with Crippen LogP contribution in [0.2, 0.25) is 0 Å². The maximum absolute atomic E-state index is 11.9. The normalized spacial score (nSPS) is 17.0. The van der Waals surface area contributed by atoms with E-state index in [4.69, 9.17) is 4.42 Å². The molecule has 15 heavy (non-hydrogen) atoms. The molecule has 1 saturated carbocycles. The van der Waals surface area contributed by atoms with Gasteiger partial charge in [-0.15, -0.1) is 10.2 Å². The first-order valence-corrected chi connectivity index (χ1v) is 4.64. The number of hydrogen-bond acceptors (Lipinski definition) is 4. The molecule has 7 heteroatoms. The van der Waals surface area contributed by atoms with Crippen LogP contribution in [0.15, 0.2) is 4.42 Å². The predicted octanol–water partition coefficient (Wildman–Crippen LogP) is 1.43. The Labute approximate surface area is 83.9 Å². The lowest BCUT2D eigenvalue weighted by Gasteiger charge is -2.00. The molecule has 2 rings (SSSR count). The topological polar surface area (TPSA) is 51.0 Å². The minimum atomic E-state index is -4.30. The number of alkyl halides is 3. The van der Waals surface area contributed by atoms with Gasteiger partial charge in [-0.2, -0.15) is 13.2 Å². The van der Waals surface area contributed by atoms with Crippen molar-refractivity contribution < 1.29 is 17.6 Å². The Morgan fingerprint density at radius 2 is 1.93 bits per heavy atom. The summed E-state index contributed by atoms with van der Waals surface area (Å²) in [5, 5.41) is 9.92. The van der Waals surface area contributed by atoms with E-state index in [1.165, 1.54) is 0 Å². The summed E-state index contributed by atoms with van der Waals surface area (Å²) >= 11 is 0. The van der Waals surface area contributed by atoms with Crippen LogP contribution in [0.3, 0.4) is 0 Å². The lowest BCUT2D eigenvalue weighted by atomic mass is 10.4. The van der Waals surface area contributed by atoms with Crippen LogP contribution in [-0.2, 0) is 13.0 Å². The van der Waals surface area contributed by atoms with Gasteiger partial charge in [0.25, 0.3) is 0 Å². The molecule has 0 aliphatic heterocycles. The Kier molecular flexibility index (Phi) is 2.64. The fourth-order valence-electron chi connectivity index (χ4n) is 1.12. The molecule has 1 fully saturated rings. The molecule has 0 bridgehead atoms. The molecule has 0 amide bonds. The third kappa shape index (κ3) is 3.50. The largest absolute Gasteiger partial charge is 0.424 e. The van der Waals surface area contributed by atoms with Gasteiger partial charge in [0.05, 0.1) is 6.54 Å². The van der Waals surface area contributed by atoms with Crippen molar-refractivity contribution in [1.29, 1.82) is 0 Å². The van der Waals surface area contributed by atoms with E-state index in [0.717, 1.165) is 12.8 Å². The van der Waals surface area contributed by atoms with E-state index in [9.17, 15) is 13.2 Å². The highest BCUT2D eigenvalue weighted by molar-refractivity contribution is 4.87. The zero-order chi connectivity index (χ0) is 10.9. The van der Waals surface area contributed by atoms with Crippen LogP contribution in [0.25, 0.3) is 0 Å². The van der Waals surface area contributed by atoms with Crippen molar-refractivity contribution in [3.63, 3.8) is 0 Å². The van der Waals surface area contributed by atoms with E-state index >= 15 is 0 Å². The number of rotatable bonds is 4. The highest BCUT2D eigenvalue weighted by Gasteiger charge is 2.31. The third-order valence-corrected chi connectivity index (χ3v) is 1.98. The number of nitrogens with one attached hydrogen (secondary N) is 1. The molecule has 0 atom stereocenters. The van der Waals surface area contributed by atoms with Crippen molar-refractivity contribution in [2.24, 2.45) is 0 Å². The molecule has 0 spiro atoms. The summed E-state index contributed by atoms with van der Waals surface area (Å²) in [7, 11) is 0. The minimum absolute atomic E-state index is 0.209. The first kappa shape index (κ1) is 10.4. The smallest absolute Gasteiger partial charge is 0.397 e. The monoisotopic (exact) mass is 221 g/mol.